The highest BCUT2D eigenvalue weighted by Gasteiger charge is 2.36. The van der Waals surface area contributed by atoms with Crippen LogP contribution in [0.3, 0.4) is 0 Å². The SMILES string of the molecule is CC(C)(C)N1C(=O)Cc2cccnc21.COC(=O)N(c1ncccc1C)C(C)(C)C.Cc1cccnc1NC(C)(C)C.Cl. The smallest absolute Gasteiger partial charge is 0.415 e. The summed E-state index contributed by atoms with van der Waals surface area (Å²) in [6.07, 6.45) is 5.30. The number of anilines is 3. The van der Waals surface area contributed by atoms with Gasteiger partial charge in [-0.3, -0.25) is 14.6 Å². The maximum atomic E-state index is 11.8. The van der Waals surface area contributed by atoms with Crippen LogP contribution in [0.4, 0.5) is 22.2 Å². The summed E-state index contributed by atoms with van der Waals surface area (Å²) in [6.45, 7) is 22.3. The minimum absolute atomic E-state index is 0. The molecule has 4 heterocycles. The molecule has 3 aromatic rings. The Bertz CT molecular complexity index is 1360. The molecule has 43 heavy (non-hydrogen) atoms. The fourth-order valence-electron chi connectivity index (χ4n) is 4.27. The van der Waals surface area contributed by atoms with E-state index in [1.807, 2.05) is 78.8 Å². The number of pyridine rings is 3. The van der Waals surface area contributed by atoms with Crippen molar-refractivity contribution in [3.63, 3.8) is 0 Å². The highest BCUT2D eigenvalue weighted by molar-refractivity contribution is 6.01. The van der Waals surface area contributed by atoms with Gasteiger partial charge in [0.2, 0.25) is 5.91 Å². The Morgan fingerprint density at radius 3 is 1.88 bits per heavy atom. The first-order valence-electron chi connectivity index (χ1n) is 14.1. The number of aryl methyl sites for hydroxylation is 2. The van der Waals surface area contributed by atoms with Gasteiger partial charge in [-0.15, -0.1) is 12.4 Å². The third kappa shape index (κ3) is 10.8. The third-order valence-corrected chi connectivity index (χ3v) is 6.07. The van der Waals surface area contributed by atoms with Gasteiger partial charge in [-0.1, -0.05) is 18.2 Å². The van der Waals surface area contributed by atoms with Crippen LogP contribution in [0.5, 0.6) is 0 Å². The van der Waals surface area contributed by atoms with Crippen LogP contribution in [0.1, 0.15) is 79.0 Å². The van der Waals surface area contributed by atoms with E-state index in [-0.39, 0.29) is 34.9 Å². The minimum Gasteiger partial charge on any atom is -0.452 e. The van der Waals surface area contributed by atoms with Crippen LogP contribution in [-0.4, -0.2) is 50.7 Å². The molecule has 0 fully saturated rings. The molecule has 0 radical (unpaired) electrons. The summed E-state index contributed by atoms with van der Waals surface area (Å²) in [7, 11) is 1.37. The largest absolute Gasteiger partial charge is 0.452 e. The van der Waals surface area contributed by atoms with Crippen molar-refractivity contribution in [2.45, 2.75) is 99.2 Å². The lowest BCUT2D eigenvalue weighted by atomic mass is 10.1. The van der Waals surface area contributed by atoms with Crippen LogP contribution in [0.15, 0.2) is 55.0 Å². The number of carbonyl (C=O) groups excluding carboxylic acids is 2. The first-order valence-corrected chi connectivity index (χ1v) is 14.1. The minimum atomic E-state index is -0.394. The number of hydrogen-bond acceptors (Lipinski definition) is 7. The van der Waals surface area contributed by atoms with Crippen LogP contribution in [0.25, 0.3) is 0 Å². The molecule has 0 bridgehead atoms. The topological polar surface area (TPSA) is 101 Å². The fraction of sp³-hybridized carbons (Fsp3) is 0.485. The Balaban J connectivity index is 0.000000322. The van der Waals surface area contributed by atoms with Crippen molar-refractivity contribution in [2.24, 2.45) is 0 Å². The number of ether oxygens (including phenoxy) is 1. The lowest BCUT2D eigenvalue weighted by Gasteiger charge is -2.34. The zero-order valence-electron chi connectivity index (χ0n) is 27.8. The molecule has 1 aliphatic rings. The van der Waals surface area contributed by atoms with E-state index < -0.39 is 6.09 Å². The summed E-state index contributed by atoms with van der Waals surface area (Å²) in [5.74, 6) is 2.59. The quantitative estimate of drug-likeness (QED) is 0.319. The molecule has 9 nitrogen and oxygen atoms in total. The van der Waals surface area contributed by atoms with E-state index in [1.54, 1.807) is 28.4 Å². The Morgan fingerprint density at radius 1 is 0.860 bits per heavy atom. The summed E-state index contributed by atoms with van der Waals surface area (Å²) in [4.78, 5) is 39.6. The number of fused-ring (bicyclic) bond motifs is 1. The molecule has 2 amide bonds. The second kappa shape index (κ2) is 15.1. The number of halogens is 1. The molecule has 236 valence electrons. The summed E-state index contributed by atoms with van der Waals surface area (Å²) in [5.41, 5.74) is 2.70. The first kappa shape index (κ1) is 37.3. The van der Waals surface area contributed by atoms with Crippen LogP contribution >= 0.6 is 12.4 Å². The summed E-state index contributed by atoms with van der Waals surface area (Å²) in [6, 6.07) is 11.6. The predicted molar refractivity (Wildman–Crippen MR) is 178 cm³/mol. The number of rotatable bonds is 2. The third-order valence-electron chi connectivity index (χ3n) is 6.07. The zero-order chi connectivity index (χ0) is 31.9. The van der Waals surface area contributed by atoms with E-state index in [0.717, 1.165) is 22.8 Å². The highest BCUT2D eigenvalue weighted by Crippen LogP contribution is 2.32. The predicted octanol–water partition coefficient (Wildman–Crippen LogP) is 7.55. The zero-order valence-corrected chi connectivity index (χ0v) is 28.6. The molecular weight excluding hydrogens is 564 g/mol. The number of carbonyl (C=O) groups is 2. The van der Waals surface area contributed by atoms with Gasteiger partial charge in [0.05, 0.1) is 13.5 Å². The number of methoxy groups -OCH3 is 1. The van der Waals surface area contributed by atoms with Crippen molar-refractivity contribution in [3.8, 4) is 0 Å². The standard InChI is InChI=1S/C12H18N2O2.C11H14N2O.C10H16N2.ClH/c1-9-7-6-8-13-10(9)14(11(15)16-5)12(2,3)4;1-11(2,3)13-9(14)7-8-5-4-6-12-10(8)13;1-8-6-5-7-11-9(8)12-10(2,3)4;/h6-8H,1-5H3;4-6H,7H2,1-3H3;5-7H,1-4H3,(H,11,12);1H. The Hall–Kier alpha value is -3.72. The van der Waals surface area contributed by atoms with Crippen molar-refractivity contribution < 1.29 is 14.3 Å². The second-order valence-corrected chi connectivity index (χ2v) is 13.2. The Labute approximate surface area is 263 Å². The molecule has 0 saturated carbocycles. The molecule has 0 aromatic carbocycles. The summed E-state index contributed by atoms with van der Waals surface area (Å²) < 4.78 is 4.80. The van der Waals surface area contributed by atoms with Gasteiger partial charge in [0.1, 0.15) is 17.5 Å². The lowest BCUT2D eigenvalue weighted by molar-refractivity contribution is -0.118. The normalized spacial score (nSPS) is 12.5. The molecule has 3 aromatic heterocycles. The van der Waals surface area contributed by atoms with Gasteiger partial charge in [-0.2, -0.15) is 0 Å². The van der Waals surface area contributed by atoms with Gasteiger partial charge in [0.25, 0.3) is 0 Å². The van der Waals surface area contributed by atoms with E-state index in [0.29, 0.717) is 12.2 Å². The van der Waals surface area contributed by atoms with Crippen LogP contribution < -0.4 is 15.1 Å². The molecule has 0 saturated heterocycles. The molecule has 0 spiro atoms. The molecule has 4 rings (SSSR count). The highest BCUT2D eigenvalue weighted by atomic mass is 35.5. The van der Waals surface area contributed by atoms with Crippen LogP contribution in [0, 0.1) is 13.8 Å². The fourth-order valence-corrected chi connectivity index (χ4v) is 4.27. The van der Waals surface area contributed by atoms with Gasteiger partial charge >= 0.3 is 6.09 Å². The van der Waals surface area contributed by atoms with E-state index in [4.69, 9.17) is 4.74 Å². The van der Waals surface area contributed by atoms with Gasteiger partial charge in [0, 0.05) is 40.8 Å². The Morgan fingerprint density at radius 2 is 1.40 bits per heavy atom. The number of hydrogen-bond donors (Lipinski definition) is 1. The Kier molecular flexibility index (Phi) is 13.1. The second-order valence-electron chi connectivity index (χ2n) is 13.2. The maximum absolute atomic E-state index is 11.8. The van der Waals surface area contributed by atoms with Gasteiger partial charge in [-0.05, 0) is 105 Å². The molecule has 10 heteroatoms. The van der Waals surface area contributed by atoms with Gasteiger partial charge in [-0.25, -0.2) is 19.7 Å². The first-order chi connectivity index (χ1) is 19.4. The average molecular weight is 613 g/mol. The monoisotopic (exact) mass is 612 g/mol. The van der Waals surface area contributed by atoms with Crippen molar-refractivity contribution in [1.29, 1.82) is 0 Å². The van der Waals surface area contributed by atoms with E-state index in [9.17, 15) is 9.59 Å². The molecular formula is C33H49ClN6O3. The number of aromatic nitrogens is 3. The van der Waals surface area contributed by atoms with Crippen LogP contribution in [-0.2, 0) is 16.0 Å². The molecule has 0 unspecified atom stereocenters. The van der Waals surface area contributed by atoms with Crippen molar-refractivity contribution in [3.05, 3.63) is 71.7 Å². The van der Waals surface area contributed by atoms with Crippen LogP contribution in [0.2, 0.25) is 0 Å². The van der Waals surface area contributed by atoms with E-state index in [2.05, 4.69) is 54.0 Å². The van der Waals surface area contributed by atoms with Gasteiger partial charge < -0.3 is 10.1 Å². The van der Waals surface area contributed by atoms with Crippen molar-refractivity contribution in [1.82, 2.24) is 15.0 Å². The molecule has 0 atom stereocenters. The molecule has 1 N–H and O–H groups in total. The lowest BCUT2D eigenvalue weighted by Crippen LogP contribution is -2.46. The number of amides is 2. The number of nitrogens with one attached hydrogen (secondary N) is 1. The summed E-state index contributed by atoms with van der Waals surface area (Å²) in [5, 5.41) is 3.34. The maximum Gasteiger partial charge on any atom is 0.415 e. The van der Waals surface area contributed by atoms with Crippen molar-refractivity contribution >= 4 is 41.9 Å². The van der Waals surface area contributed by atoms with Crippen molar-refractivity contribution in [2.75, 3.05) is 22.2 Å². The molecule has 1 aliphatic heterocycles. The van der Waals surface area contributed by atoms with E-state index in [1.165, 1.54) is 12.7 Å². The average Bonchev–Trinajstić information content (AvgIpc) is 3.22. The van der Waals surface area contributed by atoms with E-state index >= 15 is 0 Å². The van der Waals surface area contributed by atoms with Gasteiger partial charge in [0.15, 0.2) is 0 Å². The number of nitrogens with zero attached hydrogens (tertiary/aromatic N) is 5. The summed E-state index contributed by atoms with van der Waals surface area (Å²) >= 11 is 0. The molecule has 0 aliphatic carbocycles.